The standard InChI is InChI=1S/C15H14BrN3/c1-10-3-2-8-19-13(9-17)14(18-15(10)19)11-4-6-12(16)7-5-11/h2-8H,9,17H2,1H3. The molecule has 2 aromatic heterocycles. The lowest BCUT2D eigenvalue weighted by atomic mass is 10.1. The second-order valence-corrected chi connectivity index (χ2v) is 5.42. The second-order valence-electron chi connectivity index (χ2n) is 4.50. The molecule has 0 bridgehead atoms. The van der Waals surface area contributed by atoms with E-state index < -0.39 is 0 Å². The molecule has 0 spiro atoms. The minimum absolute atomic E-state index is 0.468. The molecule has 0 saturated carbocycles. The van der Waals surface area contributed by atoms with E-state index in [1.807, 2.05) is 24.4 Å². The third kappa shape index (κ3) is 2.07. The lowest BCUT2D eigenvalue weighted by Crippen LogP contribution is -2.02. The number of pyridine rings is 1. The van der Waals surface area contributed by atoms with E-state index in [4.69, 9.17) is 10.7 Å². The summed E-state index contributed by atoms with van der Waals surface area (Å²) in [5.74, 6) is 0. The van der Waals surface area contributed by atoms with Gasteiger partial charge in [0.2, 0.25) is 0 Å². The minimum atomic E-state index is 0.468. The molecule has 2 N–H and O–H groups in total. The van der Waals surface area contributed by atoms with Crippen molar-refractivity contribution in [2.75, 3.05) is 0 Å². The van der Waals surface area contributed by atoms with E-state index in [0.717, 1.165) is 32.6 Å². The van der Waals surface area contributed by atoms with Crippen molar-refractivity contribution in [1.29, 1.82) is 0 Å². The van der Waals surface area contributed by atoms with E-state index >= 15 is 0 Å². The van der Waals surface area contributed by atoms with Crippen LogP contribution in [0.1, 0.15) is 11.3 Å². The molecule has 0 saturated heterocycles. The third-order valence-corrected chi connectivity index (χ3v) is 3.78. The molecular formula is C15H14BrN3. The van der Waals surface area contributed by atoms with E-state index in [1.54, 1.807) is 0 Å². The van der Waals surface area contributed by atoms with Crippen molar-refractivity contribution in [3.63, 3.8) is 0 Å². The maximum atomic E-state index is 5.91. The van der Waals surface area contributed by atoms with Gasteiger partial charge in [0.05, 0.1) is 11.4 Å². The lowest BCUT2D eigenvalue weighted by Gasteiger charge is -2.02. The van der Waals surface area contributed by atoms with Crippen LogP contribution in [0.2, 0.25) is 0 Å². The Labute approximate surface area is 120 Å². The molecule has 0 aliphatic heterocycles. The Morgan fingerprint density at radius 3 is 2.63 bits per heavy atom. The Kier molecular flexibility index (Phi) is 3.12. The average molecular weight is 316 g/mol. The number of rotatable bonds is 2. The first kappa shape index (κ1) is 12.4. The van der Waals surface area contributed by atoms with Gasteiger partial charge in [0, 0.05) is 22.8 Å². The second kappa shape index (κ2) is 4.79. The van der Waals surface area contributed by atoms with Crippen molar-refractivity contribution >= 4 is 21.6 Å². The normalized spacial score (nSPS) is 11.1. The zero-order chi connectivity index (χ0) is 13.4. The molecule has 4 heteroatoms. The van der Waals surface area contributed by atoms with Crippen LogP contribution in [0.5, 0.6) is 0 Å². The Bertz CT molecular complexity index is 729. The van der Waals surface area contributed by atoms with Gasteiger partial charge in [-0.05, 0) is 30.7 Å². The fourth-order valence-electron chi connectivity index (χ4n) is 2.29. The fourth-order valence-corrected chi connectivity index (χ4v) is 2.55. The van der Waals surface area contributed by atoms with Crippen LogP contribution in [0, 0.1) is 6.92 Å². The maximum Gasteiger partial charge on any atom is 0.140 e. The fraction of sp³-hybridized carbons (Fsp3) is 0.133. The highest BCUT2D eigenvalue weighted by molar-refractivity contribution is 9.10. The highest BCUT2D eigenvalue weighted by Gasteiger charge is 2.13. The number of aromatic nitrogens is 2. The van der Waals surface area contributed by atoms with Crippen molar-refractivity contribution in [2.24, 2.45) is 5.73 Å². The molecule has 0 atom stereocenters. The van der Waals surface area contributed by atoms with Gasteiger partial charge in [0.15, 0.2) is 0 Å². The van der Waals surface area contributed by atoms with Gasteiger partial charge < -0.3 is 10.1 Å². The van der Waals surface area contributed by atoms with Crippen molar-refractivity contribution < 1.29 is 0 Å². The van der Waals surface area contributed by atoms with Crippen LogP contribution < -0.4 is 5.73 Å². The molecular weight excluding hydrogens is 302 g/mol. The first-order chi connectivity index (χ1) is 9.20. The van der Waals surface area contributed by atoms with Crippen LogP contribution in [-0.4, -0.2) is 9.38 Å². The molecule has 19 heavy (non-hydrogen) atoms. The van der Waals surface area contributed by atoms with Gasteiger partial charge in [-0.1, -0.05) is 34.1 Å². The summed E-state index contributed by atoms with van der Waals surface area (Å²) >= 11 is 3.45. The highest BCUT2D eigenvalue weighted by atomic mass is 79.9. The summed E-state index contributed by atoms with van der Waals surface area (Å²) in [6.07, 6.45) is 2.01. The smallest absolute Gasteiger partial charge is 0.140 e. The van der Waals surface area contributed by atoms with Crippen molar-refractivity contribution in [3.8, 4) is 11.3 Å². The van der Waals surface area contributed by atoms with E-state index in [-0.39, 0.29) is 0 Å². The van der Waals surface area contributed by atoms with E-state index in [9.17, 15) is 0 Å². The van der Waals surface area contributed by atoms with Gasteiger partial charge in [-0.3, -0.25) is 0 Å². The number of benzene rings is 1. The number of nitrogens with zero attached hydrogens (tertiary/aromatic N) is 2. The van der Waals surface area contributed by atoms with Crippen LogP contribution in [-0.2, 0) is 6.54 Å². The number of hydrogen-bond acceptors (Lipinski definition) is 2. The predicted molar refractivity (Wildman–Crippen MR) is 81.0 cm³/mol. The molecule has 0 amide bonds. The summed E-state index contributed by atoms with van der Waals surface area (Å²) in [4.78, 5) is 4.75. The van der Waals surface area contributed by atoms with E-state index in [2.05, 4.69) is 45.5 Å². The molecule has 2 heterocycles. The van der Waals surface area contributed by atoms with Crippen LogP contribution in [0.3, 0.4) is 0 Å². The molecule has 3 nitrogen and oxygen atoms in total. The Morgan fingerprint density at radius 1 is 1.21 bits per heavy atom. The number of fused-ring (bicyclic) bond motifs is 1. The van der Waals surface area contributed by atoms with Crippen LogP contribution in [0.25, 0.3) is 16.9 Å². The molecule has 3 aromatic rings. The molecule has 3 rings (SSSR count). The molecule has 0 aliphatic carbocycles. The quantitative estimate of drug-likeness (QED) is 0.786. The number of imidazole rings is 1. The van der Waals surface area contributed by atoms with Gasteiger partial charge in [-0.15, -0.1) is 0 Å². The molecule has 1 aromatic carbocycles. The van der Waals surface area contributed by atoms with Crippen LogP contribution in [0.4, 0.5) is 0 Å². The van der Waals surface area contributed by atoms with Crippen molar-refractivity contribution in [2.45, 2.75) is 13.5 Å². The third-order valence-electron chi connectivity index (χ3n) is 3.26. The Balaban J connectivity index is 2.29. The van der Waals surface area contributed by atoms with Crippen LogP contribution in [0.15, 0.2) is 47.1 Å². The number of hydrogen-bond donors (Lipinski definition) is 1. The average Bonchev–Trinajstić information content (AvgIpc) is 2.79. The first-order valence-electron chi connectivity index (χ1n) is 6.13. The van der Waals surface area contributed by atoms with Gasteiger partial charge in [0.1, 0.15) is 5.65 Å². The highest BCUT2D eigenvalue weighted by Crippen LogP contribution is 2.26. The molecule has 0 fully saturated rings. The molecule has 96 valence electrons. The van der Waals surface area contributed by atoms with E-state index in [0.29, 0.717) is 6.54 Å². The lowest BCUT2D eigenvalue weighted by molar-refractivity contribution is 0.959. The monoisotopic (exact) mass is 315 g/mol. The van der Waals surface area contributed by atoms with Gasteiger partial charge >= 0.3 is 0 Å². The van der Waals surface area contributed by atoms with Gasteiger partial charge in [-0.25, -0.2) is 4.98 Å². The molecule has 0 unspecified atom stereocenters. The summed E-state index contributed by atoms with van der Waals surface area (Å²) in [6, 6.07) is 12.2. The molecule has 0 radical (unpaired) electrons. The van der Waals surface area contributed by atoms with Gasteiger partial charge in [-0.2, -0.15) is 0 Å². The Hall–Kier alpha value is -1.65. The van der Waals surface area contributed by atoms with Crippen molar-refractivity contribution in [3.05, 3.63) is 58.3 Å². The SMILES string of the molecule is Cc1cccn2c(CN)c(-c3ccc(Br)cc3)nc12. The zero-order valence-corrected chi connectivity index (χ0v) is 12.2. The first-order valence-corrected chi connectivity index (χ1v) is 6.92. The predicted octanol–water partition coefficient (Wildman–Crippen LogP) is 3.53. The topological polar surface area (TPSA) is 43.3 Å². The van der Waals surface area contributed by atoms with Crippen LogP contribution >= 0.6 is 15.9 Å². The van der Waals surface area contributed by atoms with Crippen molar-refractivity contribution in [1.82, 2.24) is 9.38 Å². The Morgan fingerprint density at radius 2 is 1.95 bits per heavy atom. The van der Waals surface area contributed by atoms with Gasteiger partial charge in [0.25, 0.3) is 0 Å². The largest absolute Gasteiger partial charge is 0.325 e. The summed E-state index contributed by atoms with van der Waals surface area (Å²) in [7, 11) is 0. The molecule has 0 aliphatic rings. The summed E-state index contributed by atoms with van der Waals surface area (Å²) < 4.78 is 3.14. The maximum absolute atomic E-state index is 5.91. The number of nitrogens with two attached hydrogens (primary N) is 1. The zero-order valence-electron chi connectivity index (χ0n) is 10.6. The summed E-state index contributed by atoms with van der Waals surface area (Å²) in [6.45, 7) is 2.53. The number of aryl methyl sites for hydroxylation is 1. The number of halogens is 1. The van der Waals surface area contributed by atoms with E-state index in [1.165, 1.54) is 0 Å². The summed E-state index contributed by atoms with van der Waals surface area (Å²) in [5, 5.41) is 0. The summed E-state index contributed by atoms with van der Waals surface area (Å²) in [5.41, 5.74) is 11.1. The minimum Gasteiger partial charge on any atom is -0.325 e.